The van der Waals surface area contributed by atoms with Crippen LogP contribution in [0, 0.1) is 0 Å². The van der Waals surface area contributed by atoms with E-state index in [1.807, 2.05) is 35.0 Å². The fraction of sp³-hybridized carbons (Fsp3) is 0.560. The second kappa shape index (κ2) is 13.1. The molecule has 0 spiro atoms. The zero-order valence-electron chi connectivity index (χ0n) is 21.4. The summed E-state index contributed by atoms with van der Waals surface area (Å²) in [5.41, 5.74) is 0.340. The molecule has 1 aromatic heterocycles. The number of amides is 1. The lowest BCUT2D eigenvalue weighted by Crippen LogP contribution is -2.44. The van der Waals surface area contributed by atoms with E-state index in [0.29, 0.717) is 26.1 Å². The van der Waals surface area contributed by atoms with Gasteiger partial charge >= 0.3 is 12.2 Å². The standard InChI is InChI=1S/C25H37N5O6/c1-25(2,3)36-24(32)34-21-16-29-20(15-18-5-7-19(33-4)8-6-18)22(21)35-23(31)28-10-9-26-11-13-30-14-12-27-17-30/h5-8,12,14,17,20-22,26,29H,9-11,13,15-16H2,1-4H3,(H,28,31)/t20-,21+,22+/m1/s1. The van der Waals surface area contributed by atoms with Crippen molar-refractivity contribution < 1.29 is 28.5 Å². The molecule has 0 unspecified atom stereocenters. The predicted octanol–water partition coefficient (Wildman–Crippen LogP) is 2.11. The smallest absolute Gasteiger partial charge is 0.497 e. The van der Waals surface area contributed by atoms with Gasteiger partial charge in [-0.05, 0) is 44.9 Å². The third-order valence-electron chi connectivity index (χ3n) is 5.52. The van der Waals surface area contributed by atoms with Gasteiger partial charge in [0, 0.05) is 45.1 Å². The van der Waals surface area contributed by atoms with Gasteiger partial charge in [-0.1, -0.05) is 12.1 Å². The van der Waals surface area contributed by atoms with Gasteiger partial charge in [0.2, 0.25) is 0 Å². The average molecular weight is 504 g/mol. The highest BCUT2D eigenvalue weighted by Crippen LogP contribution is 2.22. The van der Waals surface area contributed by atoms with E-state index in [1.54, 1.807) is 40.4 Å². The van der Waals surface area contributed by atoms with Crippen molar-refractivity contribution in [1.29, 1.82) is 0 Å². The number of nitrogens with one attached hydrogen (secondary N) is 3. The van der Waals surface area contributed by atoms with E-state index in [0.717, 1.165) is 24.4 Å². The maximum atomic E-state index is 12.6. The number of alkyl carbamates (subject to hydrolysis) is 1. The second-order valence-corrected chi connectivity index (χ2v) is 9.53. The van der Waals surface area contributed by atoms with Crippen LogP contribution in [0.15, 0.2) is 43.0 Å². The summed E-state index contributed by atoms with van der Waals surface area (Å²) in [5.74, 6) is 0.759. The maximum absolute atomic E-state index is 12.6. The van der Waals surface area contributed by atoms with Gasteiger partial charge in [0.25, 0.3) is 0 Å². The van der Waals surface area contributed by atoms with Gasteiger partial charge in [0.1, 0.15) is 11.4 Å². The van der Waals surface area contributed by atoms with Crippen LogP contribution in [0.25, 0.3) is 0 Å². The van der Waals surface area contributed by atoms with Crippen LogP contribution >= 0.6 is 0 Å². The Morgan fingerprint density at radius 2 is 1.92 bits per heavy atom. The van der Waals surface area contributed by atoms with Crippen LogP contribution in [-0.2, 0) is 27.2 Å². The van der Waals surface area contributed by atoms with E-state index in [4.69, 9.17) is 18.9 Å². The van der Waals surface area contributed by atoms with Crippen LogP contribution in [0.2, 0.25) is 0 Å². The third-order valence-corrected chi connectivity index (χ3v) is 5.52. The van der Waals surface area contributed by atoms with Crippen molar-refractivity contribution in [3.63, 3.8) is 0 Å². The van der Waals surface area contributed by atoms with Gasteiger partial charge in [-0.2, -0.15) is 0 Å². The summed E-state index contributed by atoms with van der Waals surface area (Å²) in [6, 6.07) is 7.41. The topological polar surface area (TPSA) is 125 Å². The molecule has 0 radical (unpaired) electrons. The summed E-state index contributed by atoms with van der Waals surface area (Å²) >= 11 is 0. The van der Waals surface area contributed by atoms with Crippen LogP contribution in [0.1, 0.15) is 26.3 Å². The van der Waals surface area contributed by atoms with Crippen LogP contribution in [0.4, 0.5) is 9.59 Å². The van der Waals surface area contributed by atoms with Gasteiger partial charge in [0.15, 0.2) is 12.2 Å². The molecule has 1 aliphatic heterocycles. The Kier molecular flexibility index (Phi) is 9.95. The van der Waals surface area contributed by atoms with Crippen LogP contribution < -0.4 is 20.7 Å². The first kappa shape index (κ1) is 27.3. The number of aromatic nitrogens is 2. The Bertz CT molecular complexity index is 945. The van der Waals surface area contributed by atoms with Gasteiger partial charge in [0.05, 0.1) is 19.5 Å². The monoisotopic (exact) mass is 503 g/mol. The van der Waals surface area contributed by atoms with E-state index in [-0.39, 0.29) is 6.04 Å². The molecule has 3 N–H and O–H groups in total. The number of carbonyl (C=O) groups is 2. The predicted molar refractivity (Wildman–Crippen MR) is 133 cm³/mol. The maximum Gasteiger partial charge on any atom is 0.509 e. The molecule has 2 aromatic rings. The first-order valence-corrected chi connectivity index (χ1v) is 12.1. The summed E-state index contributed by atoms with van der Waals surface area (Å²) in [7, 11) is 1.61. The summed E-state index contributed by atoms with van der Waals surface area (Å²) in [5, 5.41) is 9.32. The fourth-order valence-corrected chi connectivity index (χ4v) is 3.80. The van der Waals surface area contributed by atoms with Crippen molar-refractivity contribution in [2.24, 2.45) is 0 Å². The van der Waals surface area contributed by atoms with Crippen molar-refractivity contribution in [2.75, 3.05) is 33.3 Å². The Hall–Kier alpha value is -3.31. The lowest BCUT2D eigenvalue weighted by molar-refractivity contribution is -0.0517. The molecule has 1 aliphatic rings. The molecule has 0 saturated carbocycles. The van der Waals surface area contributed by atoms with E-state index in [1.165, 1.54) is 0 Å². The molecule has 3 rings (SSSR count). The van der Waals surface area contributed by atoms with Gasteiger partial charge in [-0.25, -0.2) is 14.6 Å². The molecule has 3 atom stereocenters. The van der Waals surface area contributed by atoms with Crippen molar-refractivity contribution in [2.45, 2.75) is 57.6 Å². The first-order chi connectivity index (χ1) is 17.2. The molecule has 11 nitrogen and oxygen atoms in total. The number of imidazole rings is 1. The van der Waals surface area contributed by atoms with Gasteiger partial charge in [-0.15, -0.1) is 0 Å². The largest absolute Gasteiger partial charge is 0.509 e. The Morgan fingerprint density at radius 3 is 2.58 bits per heavy atom. The molecule has 1 amide bonds. The summed E-state index contributed by atoms with van der Waals surface area (Å²) in [6.45, 7) is 8.14. The zero-order valence-corrected chi connectivity index (χ0v) is 21.4. The van der Waals surface area contributed by atoms with Gasteiger partial charge in [-0.3, -0.25) is 0 Å². The highest BCUT2D eigenvalue weighted by Gasteiger charge is 2.42. The third kappa shape index (κ3) is 9.04. The van der Waals surface area contributed by atoms with Crippen molar-refractivity contribution in [3.8, 4) is 5.75 Å². The highest BCUT2D eigenvalue weighted by atomic mass is 16.7. The SMILES string of the molecule is COc1ccc(C[C@H]2NC[C@H](OC(=O)OC(C)(C)C)[C@H]2OC(=O)NCCNCCn2ccnc2)cc1. The van der Waals surface area contributed by atoms with E-state index >= 15 is 0 Å². The summed E-state index contributed by atoms with van der Waals surface area (Å²) in [6.07, 6.45) is 3.23. The molecule has 2 heterocycles. The summed E-state index contributed by atoms with van der Waals surface area (Å²) < 4.78 is 23.7. The van der Waals surface area contributed by atoms with E-state index < -0.39 is 30.1 Å². The van der Waals surface area contributed by atoms with Crippen LogP contribution in [-0.4, -0.2) is 78.9 Å². The molecule has 1 fully saturated rings. The minimum Gasteiger partial charge on any atom is -0.497 e. The van der Waals surface area contributed by atoms with Crippen molar-refractivity contribution in [3.05, 3.63) is 48.5 Å². The minimum atomic E-state index is -0.796. The molecule has 198 valence electrons. The molecule has 11 heteroatoms. The molecule has 36 heavy (non-hydrogen) atoms. The fourth-order valence-electron chi connectivity index (χ4n) is 3.80. The number of nitrogens with zero attached hydrogens (tertiary/aromatic N) is 2. The number of hydrogen-bond acceptors (Lipinski definition) is 9. The average Bonchev–Trinajstić information content (AvgIpc) is 3.46. The number of hydrogen-bond donors (Lipinski definition) is 3. The summed E-state index contributed by atoms with van der Waals surface area (Å²) in [4.78, 5) is 28.9. The quantitative estimate of drug-likeness (QED) is 0.312. The molecule has 0 aliphatic carbocycles. The number of benzene rings is 1. The Balaban J connectivity index is 1.52. The zero-order chi connectivity index (χ0) is 26.0. The Labute approximate surface area is 211 Å². The van der Waals surface area contributed by atoms with Gasteiger partial charge < -0.3 is 39.5 Å². The second-order valence-electron chi connectivity index (χ2n) is 9.53. The first-order valence-electron chi connectivity index (χ1n) is 12.1. The lowest BCUT2D eigenvalue weighted by Gasteiger charge is -2.26. The lowest BCUT2D eigenvalue weighted by atomic mass is 10.0. The normalized spacial score (nSPS) is 19.5. The molecular formula is C25H37N5O6. The molecule has 1 saturated heterocycles. The Morgan fingerprint density at radius 1 is 1.14 bits per heavy atom. The molecule has 1 aromatic carbocycles. The highest BCUT2D eigenvalue weighted by molar-refractivity contribution is 5.67. The number of methoxy groups -OCH3 is 1. The molecule has 0 bridgehead atoms. The number of carbonyl (C=O) groups excluding carboxylic acids is 2. The van der Waals surface area contributed by atoms with Crippen molar-refractivity contribution in [1.82, 2.24) is 25.5 Å². The van der Waals surface area contributed by atoms with Crippen LogP contribution in [0.5, 0.6) is 5.75 Å². The van der Waals surface area contributed by atoms with E-state index in [9.17, 15) is 9.59 Å². The van der Waals surface area contributed by atoms with Crippen molar-refractivity contribution >= 4 is 12.2 Å². The van der Waals surface area contributed by atoms with Crippen LogP contribution in [0.3, 0.4) is 0 Å². The van der Waals surface area contributed by atoms with E-state index in [2.05, 4.69) is 20.9 Å². The molecular weight excluding hydrogens is 466 g/mol. The number of rotatable bonds is 11. The minimum absolute atomic E-state index is 0.245. The number of ether oxygens (including phenoxy) is 4.